The highest BCUT2D eigenvalue weighted by Gasteiger charge is 2.48. The van der Waals surface area contributed by atoms with E-state index in [1.54, 1.807) is 0 Å². The highest BCUT2D eigenvalue weighted by Crippen LogP contribution is 2.47. The van der Waals surface area contributed by atoms with Crippen LogP contribution >= 0.6 is 0 Å². The summed E-state index contributed by atoms with van der Waals surface area (Å²) < 4.78 is 25.3. The average Bonchev–Trinajstić information content (AvgIpc) is 3.44. The zero-order valence-electron chi connectivity index (χ0n) is 20.6. The van der Waals surface area contributed by atoms with E-state index in [0.717, 1.165) is 43.7 Å². The molecule has 1 atom stereocenters. The number of likely N-dealkylation sites (tertiary alicyclic amines) is 1. The van der Waals surface area contributed by atoms with E-state index >= 15 is 0 Å². The van der Waals surface area contributed by atoms with Crippen LogP contribution in [0.5, 0.6) is 0 Å². The molecule has 3 aliphatic heterocycles. The van der Waals surface area contributed by atoms with Gasteiger partial charge in [-0.15, -0.1) is 0 Å². The number of rotatable bonds is 7. The summed E-state index contributed by atoms with van der Waals surface area (Å²) in [5.41, 5.74) is 1.14. The molecule has 1 aromatic rings. The second-order valence-electron chi connectivity index (χ2n) is 11.0. The van der Waals surface area contributed by atoms with Crippen molar-refractivity contribution in [3.8, 4) is 0 Å². The molecule has 0 radical (unpaired) electrons. The number of hydrazone groups is 1. The summed E-state index contributed by atoms with van der Waals surface area (Å²) >= 11 is 0. The molecule has 35 heavy (non-hydrogen) atoms. The Labute approximate surface area is 206 Å². The fraction of sp³-hybridized carbons (Fsp3) is 0.692. The summed E-state index contributed by atoms with van der Waals surface area (Å²) in [5, 5.41) is 17.9. The van der Waals surface area contributed by atoms with Gasteiger partial charge in [0.25, 0.3) is 6.43 Å². The molecule has 192 valence electrons. The first-order chi connectivity index (χ1) is 16.7. The van der Waals surface area contributed by atoms with Crippen molar-refractivity contribution in [3.05, 3.63) is 24.3 Å². The third-order valence-corrected chi connectivity index (χ3v) is 8.29. The van der Waals surface area contributed by atoms with Crippen LogP contribution in [-0.4, -0.2) is 90.9 Å². The van der Waals surface area contributed by atoms with Crippen LogP contribution in [0.1, 0.15) is 45.4 Å². The first kappa shape index (κ1) is 24.4. The van der Waals surface area contributed by atoms with Crippen LogP contribution in [0.15, 0.2) is 29.4 Å². The third-order valence-electron chi connectivity index (χ3n) is 8.29. The molecule has 2 saturated heterocycles. The van der Waals surface area contributed by atoms with Gasteiger partial charge in [-0.3, -0.25) is 14.7 Å². The molecular formula is C26H37F2N5O2. The van der Waals surface area contributed by atoms with Crippen molar-refractivity contribution in [2.24, 2.45) is 10.5 Å². The van der Waals surface area contributed by atoms with E-state index in [1.165, 1.54) is 0 Å². The van der Waals surface area contributed by atoms with Crippen molar-refractivity contribution in [2.75, 3.05) is 55.7 Å². The zero-order chi connectivity index (χ0) is 24.6. The topological polar surface area (TPSA) is 62.6 Å². The average molecular weight is 490 g/mol. The van der Waals surface area contributed by atoms with E-state index in [2.05, 4.69) is 34.3 Å². The number of halogens is 2. The number of carbonyl (C=O) groups excluding carboxylic acids is 1. The number of nitrogens with zero attached hydrogens (tertiary/aromatic N) is 5. The van der Waals surface area contributed by atoms with Crippen molar-refractivity contribution in [1.82, 2.24) is 9.80 Å². The lowest BCUT2D eigenvalue weighted by Gasteiger charge is -2.41. The Bertz CT molecular complexity index is 920. The monoisotopic (exact) mass is 489 g/mol. The second-order valence-corrected chi connectivity index (χ2v) is 11.0. The molecule has 0 spiro atoms. The number of amides is 1. The van der Waals surface area contributed by atoms with Crippen LogP contribution in [0.3, 0.4) is 0 Å². The maximum atomic E-state index is 12.7. The molecule has 3 heterocycles. The Hall–Kier alpha value is -2.26. The normalized spacial score (nSPS) is 26.0. The van der Waals surface area contributed by atoms with Crippen molar-refractivity contribution in [1.29, 1.82) is 0 Å². The number of aliphatic hydroxyl groups is 1. The van der Waals surface area contributed by atoms with Gasteiger partial charge in [-0.05, 0) is 56.4 Å². The van der Waals surface area contributed by atoms with Gasteiger partial charge in [0.1, 0.15) is 0 Å². The largest absolute Gasteiger partial charge is 0.390 e. The highest BCUT2D eigenvalue weighted by atomic mass is 19.3. The van der Waals surface area contributed by atoms with Crippen LogP contribution < -0.4 is 9.91 Å². The van der Waals surface area contributed by atoms with Gasteiger partial charge in [0, 0.05) is 63.0 Å². The van der Waals surface area contributed by atoms with Crippen molar-refractivity contribution >= 4 is 23.5 Å². The lowest BCUT2D eigenvalue weighted by Crippen LogP contribution is -2.50. The van der Waals surface area contributed by atoms with E-state index in [0.29, 0.717) is 45.4 Å². The van der Waals surface area contributed by atoms with Gasteiger partial charge in [-0.1, -0.05) is 6.92 Å². The van der Waals surface area contributed by atoms with E-state index < -0.39 is 12.0 Å². The van der Waals surface area contributed by atoms with Gasteiger partial charge in [-0.25, -0.2) is 8.78 Å². The van der Waals surface area contributed by atoms with Crippen LogP contribution in [0, 0.1) is 5.41 Å². The molecule has 9 heteroatoms. The number of piperazine rings is 1. The molecule has 4 aliphatic rings. The number of carbonyl (C=O) groups is 1. The SMILES string of the molecule is CC1(C(=O)N2CCC(O)(CC3CC=NN3c3ccc(N4CCN(CC(F)F)CC4)cc3)CC2)CC1. The standard InChI is InChI=1S/C26H37F2N5O2/c1-25(7-8-25)24(34)32-12-9-26(35,10-13-32)18-22-6-11-29-33(22)21-4-2-20(3-5-21)31-16-14-30(15-17-31)19-23(27)28/h2-5,11,22-23,35H,6-10,12-19H2,1H3. The minimum atomic E-state index is -2.28. The Balaban J connectivity index is 1.15. The number of anilines is 2. The Kier molecular flexibility index (Phi) is 6.74. The smallest absolute Gasteiger partial charge is 0.251 e. The summed E-state index contributed by atoms with van der Waals surface area (Å²) in [4.78, 5) is 18.6. The van der Waals surface area contributed by atoms with Crippen LogP contribution in [-0.2, 0) is 4.79 Å². The first-order valence-electron chi connectivity index (χ1n) is 12.9. The number of benzene rings is 1. The Morgan fingerprint density at radius 2 is 1.66 bits per heavy atom. The van der Waals surface area contributed by atoms with E-state index in [1.807, 2.05) is 27.9 Å². The summed E-state index contributed by atoms with van der Waals surface area (Å²) in [6.07, 6.45) is 4.22. The predicted octanol–water partition coefficient (Wildman–Crippen LogP) is 3.18. The van der Waals surface area contributed by atoms with Gasteiger partial charge in [0.15, 0.2) is 0 Å². The van der Waals surface area contributed by atoms with E-state index in [9.17, 15) is 18.7 Å². The Morgan fingerprint density at radius 3 is 2.26 bits per heavy atom. The van der Waals surface area contributed by atoms with Crippen molar-refractivity contribution < 1.29 is 18.7 Å². The Morgan fingerprint density at radius 1 is 1.03 bits per heavy atom. The molecule has 1 aromatic carbocycles. The van der Waals surface area contributed by atoms with Gasteiger partial charge in [0.05, 0.1) is 23.9 Å². The lowest BCUT2D eigenvalue weighted by molar-refractivity contribution is -0.140. The predicted molar refractivity (Wildman–Crippen MR) is 133 cm³/mol. The quantitative estimate of drug-likeness (QED) is 0.638. The maximum absolute atomic E-state index is 12.7. The molecule has 1 saturated carbocycles. The van der Waals surface area contributed by atoms with Crippen molar-refractivity contribution in [2.45, 2.75) is 63.5 Å². The number of hydrogen-bond donors (Lipinski definition) is 1. The zero-order valence-corrected chi connectivity index (χ0v) is 20.6. The second kappa shape index (κ2) is 9.65. The van der Waals surface area contributed by atoms with Gasteiger partial charge >= 0.3 is 0 Å². The fourth-order valence-corrected chi connectivity index (χ4v) is 5.65. The highest BCUT2D eigenvalue weighted by molar-refractivity contribution is 5.85. The van der Waals surface area contributed by atoms with Crippen LogP contribution in [0.4, 0.5) is 20.2 Å². The number of piperidine rings is 1. The molecule has 1 unspecified atom stereocenters. The van der Waals surface area contributed by atoms with E-state index in [-0.39, 0.29) is 23.9 Å². The first-order valence-corrected chi connectivity index (χ1v) is 12.9. The molecular weight excluding hydrogens is 452 g/mol. The van der Waals surface area contributed by atoms with Crippen molar-refractivity contribution in [3.63, 3.8) is 0 Å². The summed E-state index contributed by atoms with van der Waals surface area (Å²) in [5.74, 6) is 0.251. The van der Waals surface area contributed by atoms with Gasteiger partial charge in [-0.2, -0.15) is 5.10 Å². The van der Waals surface area contributed by atoms with Gasteiger partial charge < -0.3 is 14.9 Å². The van der Waals surface area contributed by atoms with Crippen LogP contribution in [0.2, 0.25) is 0 Å². The molecule has 5 rings (SSSR count). The third kappa shape index (κ3) is 5.45. The van der Waals surface area contributed by atoms with E-state index in [4.69, 9.17) is 0 Å². The fourth-order valence-electron chi connectivity index (χ4n) is 5.65. The maximum Gasteiger partial charge on any atom is 0.251 e. The van der Waals surface area contributed by atoms with Gasteiger partial charge in [0.2, 0.25) is 5.91 Å². The molecule has 0 bridgehead atoms. The van der Waals surface area contributed by atoms with Crippen LogP contribution in [0.25, 0.3) is 0 Å². The molecule has 1 N–H and O–H groups in total. The summed E-state index contributed by atoms with van der Waals surface area (Å²) in [6.45, 7) is 5.90. The number of hydrogen-bond acceptors (Lipinski definition) is 6. The minimum absolute atomic E-state index is 0.0898. The summed E-state index contributed by atoms with van der Waals surface area (Å²) in [7, 11) is 0. The summed E-state index contributed by atoms with van der Waals surface area (Å²) in [6, 6.07) is 8.34. The lowest BCUT2D eigenvalue weighted by atomic mass is 9.84. The molecule has 3 fully saturated rings. The molecule has 1 amide bonds. The number of alkyl halides is 2. The minimum Gasteiger partial charge on any atom is -0.390 e. The molecule has 0 aromatic heterocycles. The molecule has 1 aliphatic carbocycles. The molecule has 7 nitrogen and oxygen atoms in total.